The molecule has 2 aliphatic heterocycles. The number of aromatic nitrogens is 3. The van der Waals surface area contributed by atoms with Crippen molar-refractivity contribution in [2.24, 2.45) is 0 Å². The van der Waals surface area contributed by atoms with Crippen LogP contribution in [0.3, 0.4) is 0 Å². The first kappa shape index (κ1) is 22.0. The number of rotatable bonds is 4. The Labute approximate surface area is 172 Å². The number of likely N-dealkylation sites (N-methyl/N-ethyl adjacent to an activating group) is 1. The third-order valence-corrected chi connectivity index (χ3v) is 5.30. The molecule has 2 aromatic heterocycles. The summed E-state index contributed by atoms with van der Waals surface area (Å²) in [7, 11) is 0. The van der Waals surface area contributed by atoms with Gasteiger partial charge in [-0.3, -0.25) is 9.88 Å². The average molecular weight is 415 g/mol. The first-order valence-electron chi connectivity index (χ1n) is 9.20. The minimum Gasteiger partial charge on any atom is -0.338 e. The Bertz CT molecular complexity index is 745. The molecule has 0 atom stereocenters. The lowest BCUT2D eigenvalue weighted by Gasteiger charge is -2.33. The maximum Gasteiger partial charge on any atom is 0.241 e. The SMILES string of the molecule is CCN1CCN(Cc2nc(-c3c(C)ncc4c3CCNC4)no2)CC1.Cl.Cl. The second kappa shape index (κ2) is 9.80. The van der Waals surface area contributed by atoms with Gasteiger partial charge < -0.3 is 14.7 Å². The van der Waals surface area contributed by atoms with Crippen molar-refractivity contribution in [3.8, 4) is 11.4 Å². The smallest absolute Gasteiger partial charge is 0.241 e. The van der Waals surface area contributed by atoms with Crippen LogP contribution in [0.4, 0.5) is 0 Å². The quantitative estimate of drug-likeness (QED) is 0.820. The Kier molecular flexibility index (Phi) is 8.00. The minimum absolute atomic E-state index is 0. The molecular formula is C18H28Cl2N6O. The number of nitrogens with zero attached hydrogens (tertiary/aromatic N) is 5. The van der Waals surface area contributed by atoms with E-state index < -0.39 is 0 Å². The number of pyridine rings is 1. The molecule has 1 fully saturated rings. The molecule has 0 radical (unpaired) electrons. The van der Waals surface area contributed by atoms with Crippen LogP contribution in [0.15, 0.2) is 10.7 Å². The molecule has 7 nitrogen and oxygen atoms in total. The minimum atomic E-state index is 0. The van der Waals surface area contributed by atoms with Crippen molar-refractivity contribution in [1.29, 1.82) is 0 Å². The molecule has 0 saturated carbocycles. The molecule has 0 aromatic carbocycles. The number of halogens is 2. The van der Waals surface area contributed by atoms with Crippen LogP contribution in [-0.2, 0) is 19.5 Å². The van der Waals surface area contributed by atoms with Crippen LogP contribution in [0, 0.1) is 6.92 Å². The molecule has 0 aliphatic carbocycles. The van der Waals surface area contributed by atoms with E-state index in [-0.39, 0.29) is 24.8 Å². The Balaban J connectivity index is 0.00000131. The lowest BCUT2D eigenvalue weighted by Crippen LogP contribution is -2.45. The first-order valence-corrected chi connectivity index (χ1v) is 9.20. The highest BCUT2D eigenvalue weighted by Gasteiger charge is 2.22. The van der Waals surface area contributed by atoms with Crippen molar-refractivity contribution in [2.75, 3.05) is 39.3 Å². The topological polar surface area (TPSA) is 70.3 Å². The molecule has 150 valence electrons. The van der Waals surface area contributed by atoms with E-state index in [1.807, 2.05) is 13.1 Å². The standard InChI is InChI=1S/C18H26N6O.2ClH/c1-3-23-6-8-24(9-7-23)12-16-21-18(22-25-16)17-13(2)20-11-14-10-19-5-4-15(14)17;;/h11,19H,3-10,12H2,1-2H3;2*1H. The molecule has 27 heavy (non-hydrogen) atoms. The van der Waals surface area contributed by atoms with Gasteiger partial charge >= 0.3 is 0 Å². The summed E-state index contributed by atoms with van der Waals surface area (Å²) in [5.41, 5.74) is 4.60. The number of fused-ring (bicyclic) bond motifs is 1. The lowest BCUT2D eigenvalue weighted by atomic mass is 9.95. The van der Waals surface area contributed by atoms with Gasteiger partial charge in [-0.2, -0.15) is 4.98 Å². The fourth-order valence-electron chi connectivity index (χ4n) is 3.74. The Morgan fingerprint density at radius 3 is 2.63 bits per heavy atom. The monoisotopic (exact) mass is 414 g/mol. The van der Waals surface area contributed by atoms with E-state index in [0.717, 1.165) is 70.0 Å². The van der Waals surface area contributed by atoms with Crippen molar-refractivity contribution >= 4 is 24.8 Å². The van der Waals surface area contributed by atoms with E-state index in [4.69, 9.17) is 4.52 Å². The second-order valence-corrected chi connectivity index (χ2v) is 6.87. The van der Waals surface area contributed by atoms with Gasteiger partial charge in [0.05, 0.1) is 6.54 Å². The maximum absolute atomic E-state index is 5.56. The molecule has 4 rings (SSSR count). The summed E-state index contributed by atoms with van der Waals surface area (Å²) in [6.45, 7) is 12.3. The Morgan fingerprint density at radius 1 is 1.15 bits per heavy atom. The molecule has 0 spiro atoms. The highest BCUT2D eigenvalue weighted by molar-refractivity contribution is 5.85. The van der Waals surface area contributed by atoms with Crippen LogP contribution < -0.4 is 5.32 Å². The molecule has 4 heterocycles. The van der Waals surface area contributed by atoms with Crippen LogP contribution >= 0.6 is 24.8 Å². The van der Waals surface area contributed by atoms with E-state index in [1.165, 1.54) is 11.1 Å². The van der Waals surface area contributed by atoms with E-state index in [9.17, 15) is 0 Å². The number of hydrogen-bond donors (Lipinski definition) is 1. The highest BCUT2D eigenvalue weighted by Crippen LogP contribution is 2.28. The predicted octanol–water partition coefficient (Wildman–Crippen LogP) is 2.07. The summed E-state index contributed by atoms with van der Waals surface area (Å²) in [5.74, 6) is 1.39. The van der Waals surface area contributed by atoms with Gasteiger partial charge in [0.25, 0.3) is 0 Å². The highest BCUT2D eigenvalue weighted by atomic mass is 35.5. The normalized spacial score (nSPS) is 17.7. The van der Waals surface area contributed by atoms with Crippen LogP contribution in [0.1, 0.15) is 29.6 Å². The van der Waals surface area contributed by atoms with Crippen molar-refractivity contribution in [2.45, 2.75) is 33.4 Å². The van der Waals surface area contributed by atoms with Gasteiger partial charge in [-0.1, -0.05) is 12.1 Å². The number of piperazine rings is 1. The lowest BCUT2D eigenvalue weighted by molar-refractivity contribution is 0.121. The zero-order valence-electron chi connectivity index (χ0n) is 15.9. The third kappa shape index (κ3) is 4.78. The molecule has 0 unspecified atom stereocenters. The fraction of sp³-hybridized carbons (Fsp3) is 0.611. The van der Waals surface area contributed by atoms with Crippen molar-refractivity contribution in [1.82, 2.24) is 30.2 Å². The van der Waals surface area contributed by atoms with E-state index >= 15 is 0 Å². The molecule has 9 heteroatoms. The molecule has 1 N–H and O–H groups in total. The average Bonchev–Trinajstić information content (AvgIpc) is 3.10. The molecule has 2 aliphatic rings. The van der Waals surface area contributed by atoms with Gasteiger partial charge in [-0.05, 0) is 37.6 Å². The van der Waals surface area contributed by atoms with Gasteiger partial charge in [-0.15, -0.1) is 24.8 Å². The van der Waals surface area contributed by atoms with Gasteiger partial charge in [0, 0.05) is 50.2 Å². The Hall–Kier alpha value is -1.25. The largest absolute Gasteiger partial charge is 0.338 e. The number of hydrogen-bond acceptors (Lipinski definition) is 7. The van der Waals surface area contributed by atoms with Gasteiger partial charge in [0.2, 0.25) is 11.7 Å². The molecule has 2 aromatic rings. The summed E-state index contributed by atoms with van der Waals surface area (Å²) >= 11 is 0. The zero-order chi connectivity index (χ0) is 17.2. The molecule has 0 bridgehead atoms. The fourth-order valence-corrected chi connectivity index (χ4v) is 3.74. The molecule has 0 amide bonds. The van der Waals surface area contributed by atoms with Crippen LogP contribution in [0.2, 0.25) is 0 Å². The maximum atomic E-state index is 5.56. The van der Waals surface area contributed by atoms with Crippen molar-refractivity contribution in [3.63, 3.8) is 0 Å². The van der Waals surface area contributed by atoms with Crippen LogP contribution in [-0.4, -0.2) is 64.2 Å². The predicted molar refractivity (Wildman–Crippen MR) is 110 cm³/mol. The number of aryl methyl sites for hydroxylation is 1. The van der Waals surface area contributed by atoms with E-state index in [2.05, 4.69) is 37.2 Å². The third-order valence-electron chi connectivity index (χ3n) is 5.30. The van der Waals surface area contributed by atoms with Crippen molar-refractivity contribution in [3.05, 3.63) is 28.9 Å². The van der Waals surface area contributed by atoms with E-state index in [0.29, 0.717) is 11.7 Å². The van der Waals surface area contributed by atoms with Gasteiger partial charge in [0.15, 0.2) is 0 Å². The van der Waals surface area contributed by atoms with Crippen LogP contribution in [0.5, 0.6) is 0 Å². The molecule has 1 saturated heterocycles. The number of nitrogens with one attached hydrogen (secondary N) is 1. The zero-order valence-corrected chi connectivity index (χ0v) is 17.5. The summed E-state index contributed by atoms with van der Waals surface area (Å²) in [4.78, 5) is 14.1. The van der Waals surface area contributed by atoms with Crippen molar-refractivity contribution < 1.29 is 4.52 Å². The second-order valence-electron chi connectivity index (χ2n) is 6.87. The van der Waals surface area contributed by atoms with Gasteiger partial charge in [-0.25, -0.2) is 0 Å². The van der Waals surface area contributed by atoms with Crippen LogP contribution in [0.25, 0.3) is 11.4 Å². The summed E-state index contributed by atoms with van der Waals surface area (Å²) in [5, 5.41) is 7.66. The van der Waals surface area contributed by atoms with Gasteiger partial charge in [0.1, 0.15) is 0 Å². The summed E-state index contributed by atoms with van der Waals surface area (Å²) in [6.07, 6.45) is 2.95. The Morgan fingerprint density at radius 2 is 1.89 bits per heavy atom. The summed E-state index contributed by atoms with van der Waals surface area (Å²) < 4.78 is 5.56. The molecular weight excluding hydrogens is 387 g/mol. The van der Waals surface area contributed by atoms with E-state index in [1.54, 1.807) is 0 Å². The first-order chi connectivity index (χ1) is 12.2. The summed E-state index contributed by atoms with van der Waals surface area (Å²) in [6, 6.07) is 0.